The van der Waals surface area contributed by atoms with Crippen LogP contribution in [0.5, 0.6) is 11.5 Å². The van der Waals surface area contributed by atoms with Gasteiger partial charge in [-0.3, -0.25) is 0 Å². The van der Waals surface area contributed by atoms with Crippen molar-refractivity contribution in [3.8, 4) is 11.5 Å². The molecule has 0 aromatic heterocycles. The van der Waals surface area contributed by atoms with Crippen molar-refractivity contribution in [2.24, 2.45) is 5.73 Å². The molecule has 0 saturated carbocycles. The minimum atomic E-state index is 0. The zero-order valence-electron chi connectivity index (χ0n) is 5.82. The van der Waals surface area contributed by atoms with Crippen molar-refractivity contribution in [1.82, 2.24) is 0 Å². The van der Waals surface area contributed by atoms with Crippen molar-refractivity contribution in [1.29, 1.82) is 0 Å². The lowest BCUT2D eigenvalue weighted by Crippen LogP contribution is -1.95. The van der Waals surface area contributed by atoms with Crippen LogP contribution in [0.3, 0.4) is 0 Å². The first-order valence-electron chi connectivity index (χ1n) is 2.95. The maximum atomic E-state index is 9.05. The number of hydrogen-bond acceptors (Lipinski definition) is 3. The van der Waals surface area contributed by atoms with Crippen LogP contribution in [-0.4, -0.2) is 10.2 Å². The maximum Gasteiger partial charge on any atom is 0.123 e. The average Bonchev–Trinajstić information content (AvgIpc) is 1.88. The van der Waals surface area contributed by atoms with Crippen LogP contribution in [-0.2, 0) is 6.54 Å². The zero-order valence-corrected chi connectivity index (χ0v) is 6.64. The van der Waals surface area contributed by atoms with Gasteiger partial charge in [0.2, 0.25) is 0 Å². The number of phenols is 2. The molecule has 0 saturated heterocycles. The predicted molar refractivity (Wildman–Crippen MR) is 44.9 cm³/mol. The van der Waals surface area contributed by atoms with E-state index in [9.17, 15) is 0 Å². The fraction of sp³-hybridized carbons (Fsp3) is 0.143. The van der Waals surface area contributed by atoms with Crippen LogP contribution < -0.4 is 5.73 Å². The lowest BCUT2D eigenvalue weighted by atomic mass is 10.2. The second-order valence-corrected chi connectivity index (χ2v) is 2.02. The van der Waals surface area contributed by atoms with Gasteiger partial charge in [-0.1, -0.05) is 6.07 Å². The zero-order chi connectivity index (χ0) is 7.56. The van der Waals surface area contributed by atoms with Gasteiger partial charge >= 0.3 is 0 Å². The summed E-state index contributed by atoms with van der Waals surface area (Å²) >= 11 is 0. The molecule has 0 unspecified atom stereocenters. The fourth-order valence-corrected chi connectivity index (χ4v) is 0.725. The van der Waals surface area contributed by atoms with Gasteiger partial charge in [-0.05, 0) is 6.07 Å². The summed E-state index contributed by atoms with van der Waals surface area (Å²) in [7, 11) is 0. The molecule has 0 aliphatic carbocycles. The van der Waals surface area contributed by atoms with Gasteiger partial charge in [-0.15, -0.1) is 12.4 Å². The largest absolute Gasteiger partial charge is 0.508 e. The number of rotatable bonds is 1. The Labute approximate surface area is 70.9 Å². The topological polar surface area (TPSA) is 66.5 Å². The highest BCUT2D eigenvalue weighted by molar-refractivity contribution is 5.85. The first-order chi connectivity index (χ1) is 4.74. The van der Waals surface area contributed by atoms with E-state index < -0.39 is 0 Å². The van der Waals surface area contributed by atoms with Crippen molar-refractivity contribution in [2.45, 2.75) is 6.54 Å². The van der Waals surface area contributed by atoms with E-state index in [1.165, 1.54) is 12.1 Å². The van der Waals surface area contributed by atoms with Crippen LogP contribution in [0.4, 0.5) is 0 Å². The van der Waals surface area contributed by atoms with E-state index in [0.717, 1.165) is 0 Å². The van der Waals surface area contributed by atoms with Crippen LogP contribution in [0.25, 0.3) is 0 Å². The molecular weight excluding hydrogens is 166 g/mol. The summed E-state index contributed by atoms with van der Waals surface area (Å²) in [6, 6.07) is 4.34. The number of benzene rings is 1. The third-order valence-electron chi connectivity index (χ3n) is 1.29. The van der Waals surface area contributed by atoms with Crippen LogP contribution in [0.2, 0.25) is 0 Å². The molecule has 0 aliphatic heterocycles. The maximum absolute atomic E-state index is 9.05. The first kappa shape index (κ1) is 10.1. The van der Waals surface area contributed by atoms with Gasteiger partial charge in [-0.25, -0.2) is 0 Å². The van der Waals surface area contributed by atoms with Crippen molar-refractivity contribution in [3.63, 3.8) is 0 Å². The summed E-state index contributed by atoms with van der Waals surface area (Å²) in [5, 5.41) is 17.9. The first-order valence-corrected chi connectivity index (χ1v) is 2.95. The van der Waals surface area contributed by atoms with Gasteiger partial charge in [0, 0.05) is 18.2 Å². The van der Waals surface area contributed by atoms with Crippen molar-refractivity contribution in [2.75, 3.05) is 0 Å². The van der Waals surface area contributed by atoms with Crippen LogP contribution >= 0.6 is 12.4 Å². The second-order valence-electron chi connectivity index (χ2n) is 2.02. The molecule has 0 fully saturated rings. The summed E-state index contributed by atoms with van der Waals surface area (Å²) in [5.74, 6) is 0.0946. The summed E-state index contributed by atoms with van der Waals surface area (Å²) in [6.45, 7) is 0.284. The second kappa shape index (κ2) is 4.05. The van der Waals surface area contributed by atoms with Crippen LogP contribution in [0.15, 0.2) is 18.2 Å². The molecule has 11 heavy (non-hydrogen) atoms. The third kappa shape index (κ3) is 2.29. The Kier molecular flexibility index (Phi) is 3.71. The van der Waals surface area contributed by atoms with Gasteiger partial charge in [0.1, 0.15) is 11.5 Å². The summed E-state index contributed by atoms with van der Waals surface area (Å²) in [5.41, 5.74) is 5.90. The molecule has 0 bridgehead atoms. The molecule has 1 rings (SSSR count). The van der Waals surface area contributed by atoms with Gasteiger partial charge in [0.25, 0.3) is 0 Å². The quantitative estimate of drug-likeness (QED) is 0.596. The number of aromatic hydroxyl groups is 2. The van der Waals surface area contributed by atoms with Crippen molar-refractivity contribution in [3.05, 3.63) is 23.8 Å². The fourth-order valence-electron chi connectivity index (χ4n) is 0.725. The van der Waals surface area contributed by atoms with Gasteiger partial charge < -0.3 is 15.9 Å². The number of nitrogens with two attached hydrogens (primary N) is 1. The van der Waals surface area contributed by atoms with E-state index in [0.29, 0.717) is 5.56 Å². The Morgan fingerprint density at radius 3 is 2.36 bits per heavy atom. The number of phenolic OH excluding ortho intramolecular Hbond substituents is 2. The normalized spacial score (nSPS) is 8.82. The average molecular weight is 176 g/mol. The molecular formula is C7H10ClNO2. The van der Waals surface area contributed by atoms with E-state index in [-0.39, 0.29) is 30.5 Å². The SMILES string of the molecule is Cl.NCc1ccc(O)cc1O. The molecule has 0 radical (unpaired) electrons. The Morgan fingerprint density at radius 2 is 1.91 bits per heavy atom. The van der Waals surface area contributed by atoms with Gasteiger partial charge in [-0.2, -0.15) is 0 Å². The van der Waals surface area contributed by atoms with E-state index in [1.807, 2.05) is 0 Å². The molecule has 4 N–H and O–H groups in total. The molecule has 4 heteroatoms. The lowest BCUT2D eigenvalue weighted by Gasteiger charge is -1.99. The van der Waals surface area contributed by atoms with E-state index in [1.54, 1.807) is 6.07 Å². The number of halogens is 1. The monoisotopic (exact) mass is 175 g/mol. The van der Waals surface area contributed by atoms with Crippen LogP contribution in [0.1, 0.15) is 5.56 Å². The standard InChI is InChI=1S/C7H9NO2.ClH/c8-4-5-1-2-6(9)3-7(5)10;/h1-3,9-10H,4,8H2;1H. The van der Waals surface area contributed by atoms with Crippen LogP contribution in [0, 0.1) is 0 Å². The molecule has 3 nitrogen and oxygen atoms in total. The van der Waals surface area contributed by atoms with E-state index in [2.05, 4.69) is 0 Å². The third-order valence-corrected chi connectivity index (χ3v) is 1.29. The molecule has 0 atom stereocenters. The Balaban J connectivity index is 0.000001000. The minimum absolute atomic E-state index is 0. The number of hydrogen-bond donors (Lipinski definition) is 3. The summed E-state index contributed by atoms with van der Waals surface area (Å²) < 4.78 is 0. The van der Waals surface area contributed by atoms with Crippen molar-refractivity contribution < 1.29 is 10.2 Å². The van der Waals surface area contributed by atoms with Gasteiger partial charge in [0.15, 0.2) is 0 Å². The lowest BCUT2D eigenvalue weighted by molar-refractivity contribution is 0.446. The van der Waals surface area contributed by atoms with E-state index >= 15 is 0 Å². The predicted octanol–water partition coefficient (Wildman–Crippen LogP) is 0.978. The minimum Gasteiger partial charge on any atom is -0.508 e. The molecule has 1 aromatic carbocycles. The molecule has 1 aromatic rings. The Morgan fingerprint density at radius 1 is 1.27 bits per heavy atom. The molecule has 0 aliphatic rings. The molecule has 0 amide bonds. The summed E-state index contributed by atoms with van der Waals surface area (Å²) in [4.78, 5) is 0. The smallest absolute Gasteiger partial charge is 0.123 e. The Hall–Kier alpha value is -0.930. The molecule has 62 valence electrons. The summed E-state index contributed by atoms with van der Waals surface area (Å²) in [6.07, 6.45) is 0. The highest BCUT2D eigenvalue weighted by atomic mass is 35.5. The van der Waals surface area contributed by atoms with E-state index in [4.69, 9.17) is 15.9 Å². The highest BCUT2D eigenvalue weighted by Gasteiger charge is 1.97. The highest BCUT2D eigenvalue weighted by Crippen LogP contribution is 2.21. The molecule has 0 spiro atoms. The van der Waals surface area contributed by atoms with Gasteiger partial charge in [0.05, 0.1) is 0 Å². The Bertz CT molecular complexity index is 240. The molecule has 0 heterocycles. The van der Waals surface area contributed by atoms with Crippen molar-refractivity contribution >= 4 is 12.4 Å².